The van der Waals surface area contributed by atoms with E-state index in [0.29, 0.717) is 23.9 Å². The molecule has 1 saturated heterocycles. The Kier molecular flexibility index (Phi) is 4.92. The van der Waals surface area contributed by atoms with Crippen molar-refractivity contribution in [1.82, 2.24) is 14.8 Å². The lowest BCUT2D eigenvalue weighted by Gasteiger charge is -2.35. The minimum Gasteiger partial charge on any atom is -0.421 e. The van der Waals surface area contributed by atoms with Crippen molar-refractivity contribution in [3.8, 4) is 11.8 Å². The van der Waals surface area contributed by atoms with Crippen LogP contribution in [-0.2, 0) is 6.18 Å². The van der Waals surface area contributed by atoms with Crippen LogP contribution in [0, 0.1) is 17.7 Å². The highest BCUT2D eigenvalue weighted by Gasteiger charge is 2.41. The maximum absolute atomic E-state index is 14.4. The van der Waals surface area contributed by atoms with Crippen LogP contribution in [-0.4, -0.2) is 33.9 Å². The number of anilines is 1. The highest BCUT2D eigenvalue weighted by molar-refractivity contribution is 5.37. The second kappa shape index (κ2) is 7.16. The molecule has 10 heteroatoms. The molecule has 2 N–H and O–H groups in total. The van der Waals surface area contributed by atoms with E-state index in [1.165, 1.54) is 4.68 Å². The van der Waals surface area contributed by atoms with E-state index in [0.717, 1.165) is 38.1 Å². The highest BCUT2D eigenvalue weighted by Crippen LogP contribution is 2.39. The van der Waals surface area contributed by atoms with Crippen LogP contribution in [0.5, 0.6) is 11.8 Å². The number of hydrogen-bond acceptors (Lipinski definition) is 5. The number of halogens is 4. The zero-order chi connectivity index (χ0) is 20.9. The average molecular weight is 413 g/mol. The summed E-state index contributed by atoms with van der Waals surface area (Å²) in [6.45, 7) is 5.11. The van der Waals surface area contributed by atoms with E-state index in [-0.39, 0.29) is 18.1 Å². The van der Waals surface area contributed by atoms with Crippen molar-refractivity contribution >= 4 is 5.95 Å². The van der Waals surface area contributed by atoms with Gasteiger partial charge < -0.3 is 15.4 Å². The molecule has 2 bridgehead atoms. The third-order valence-corrected chi connectivity index (χ3v) is 5.74. The lowest BCUT2D eigenvalue weighted by atomic mass is 9.93. The molecule has 2 aliphatic rings. The molecule has 158 valence electrons. The predicted molar refractivity (Wildman–Crippen MR) is 98.3 cm³/mol. The second-order valence-corrected chi connectivity index (χ2v) is 8.03. The molecule has 0 spiro atoms. The summed E-state index contributed by atoms with van der Waals surface area (Å²) in [4.78, 5) is 6.40. The number of hydrogen-bond donors (Lipinski definition) is 1. The highest BCUT2D eigenvalue weighted by atomic mass is 19.4. The van der Waals surface area contributed by atoms with Gasteiger partial charge in [-0.1, -0.05) is 6.07 Å². The fourth-order valence-electron chi connectivity index (χ4n) is 4.17. The Morgan fingerprint density at radius 3 is 2.41 bits per heavy atom. The van der Waals surface area contributed by atoms with Crippen LogP contribution in [0.25, 0.3) is 0 Å². The van der Waals surface area contributed by atoms with Gasteiger partial charge in [0.1, 0.15) is 0 Å². The Morgan fingerprint density at radius 2 is 1.83 bits per heavy atom. The van der Waals surface area contributed by atoms with Gasteiger partial charge in [0, 0.05) is 19.1 Å². The summed E-state index contributed by atoms with van der Waals surface area (Å²) in [6.07, 6.45) is -2.69. The first-order valence-electron chi connectivity index (χ1n) is 9.65. The van der Waals surface area contributed by atoms with Gasteiger partial charge in [0.25, 0.3) is 0 Å². The van der Waals surface area contributed by atoms with Crippen LogP contribution in [0.1, 0.15) is 38.3 Å². The average Bonchev–Trinajstić information content (AvgIpc) is 3.12. The van der Waals surface area contributed by atoms with E-state index in [1.807, 2.05) is 18.7 Å². The molecule has 0 radical (unpaired) electrons. The van der Waals surface area contributed by atoms with Crippen LogP contribution in [0.3, 0.4) is 0 Å². The summed E-state index contributed by atoms with van der Waals surface area (Å²) in [5.74, 6) is -0.858. The summed E-state index contributed by atoms with van der Waals surface area (Å²) >= 11 is 0. The fraction of sp³-hybridized carbons (Fsp3) is 0.579. The van der Waals surface area contributed by atoms with Crippen LogP contribution in [0.2, 0.25) is 0 Å². The predicted octanol–water partition coefficient (Wildman–Crippen LogP) is 3.98. The Balaban J connectivity index is 1.64. The maximum Gasteiger partial charge on any atom is 0.419 e. The molecule has 2 unspecified atom stereocenters. The van der Waals surface area contributed by atoms with Crippen molar-refractivity contribution in [2.24, 2.45) is 17.6 Å². The Bertz CT molecular complexity index is 883. The number of nitrogens with zero attached hydrogens (tertiary/aromatic N) is 4. The summed E-state index contributed by atoms with van der Waals surface area (Å²) in [6, 6.07) is 2.87. The zero-order valence-corrected chi connectivity index (χ0v) is 16.2. The SMILES string of the molecule is CC(C)n1nc(N2CC3CCC(C2)C3N)nc1Oc1cccc(C(F)(F)F)c1F. The monoisotopic (exact) mass is 413 g/mol. The van der Waals surface area contributed by atoms with Crippen molar-refractivity contribution < 1.29 is 22.3 Å². The molecule has 2 aromatic rings. The second-order valence-electron chi connectivity index (χ2n) is 8.03. The third kappa shape index (κ3) is 3.65. The first-order chi connectivity index (χ1) is 13.6. The molecule has 1 aromatic heterocycles. The summed E-state index contributed by atoms with van der Waals surface area (Å²) < 4.78 is 60.2. The molecule has 0 amide bonds. The molecule has 29 heavy (non-hydrogen) atoms. The number of ether oxygens (including phenoxy) is 1. The van der Waals surface area contributed by atoms with E-state index >= 15 is 0 Å². The standard InChI is InChI=1S/C19H23F4N5O/c1-10(2)28-18(29-14-5-3-4-13(15(14)20)19(21,22)23)25-17(26-28)27-8-11-6-7-12(9-27)16(11)24/h3-5,10-12,16H,6-9,24H2,1-2H3. The minimum absolute atomic E-state index is 0.0459. The number of piperidine rings is 1. The first-order valence-corrected chi connectivity index (χ1v) is 9.65. The van der Waals surface area contributed by atoms with Crippen molar-refractivity contribution in [3.63, 3.8) is 0 Å². The normalized spacial score (nSPS) is 24.4. The topological polar surface area (TPSA) is 69.2 Å². The molecule has 2 atom stereocenters. The molecule has 1 aliphatic carbocycles. The van der Waals surface area contributed by atoms with Crippen LogP contribution in [0.4, 0.5) is 23.5 Å². The van der Waals surface area contributed by atoms with Gasteiger partial charge in [-0.15, -0.1) is 5.10 Å². The van der Waals surface area contributed by atoms with Crippen molar-refractivity contribution in [1.29, 1.82) is 0 Å². The lowest BCUT2D eigenvalue weighted by Crippen LogP contribution is -2.49. The van der Waals surface area contributed by atoms with Crippen LogP contribution < -0.4 is 15.4 Å². The van der Waals surface area contributed by atoms with Crippen LogP contribution in [0.15, 0.2) is 18.2 Å². The zero-order valence-electron chi connectivity index (χ0n) is 16.2. The van der Waals surface area contributed by atoms with Gasteiger partial charge in [-0.05, 0) is 50.7 Å². The van der Waals surface area contributed by atoms with E-state index in [9.17, 15) is 17.6 Å². The minimum atomic E-state index is -4.81. The summed E-state index contributed by atoms with van der Waals surface area (Å²) in [5, 5.41) is 4.47. The maximum atomic E-state index is 14.4. The molecule has 2 fully saturated rings. The van der Waals surface area contributed by atoms with Gasteiger partial charge in [0.05, 0.1) is 11.6 Å². The van der Waals surface area contributed by atoms with Gasteiger partial charge in [0.15, 0.2) is 11.6 Å². The smallest absolute Gasteiger partial charge is 0.419 e. The van der Waals surface area contributed by atoms with Gasteiger partial charge in [-0.2, -0.15) is 18.2 Å². The Hall–Kier alpha value is -2.36. The molecule has 2 heterocycles. The van der Waals surface area contributed by atoms with Gasteiger partial charge >= 0.3 is 12.2 Å². The molecule has 1 aliphatic heterocycles. The van der Waals surface area contributed by atoms with E-state index in [2.05, 4.69) is 10.1 Å². The number of aromatic nitrogens is 3. The molecular formula is C19H23F4N5O. The lowest BCUT2D eigenvalue weighted by molar-refractivity contribution is -0.140. The fourth-order valence-corrected chi connectivity index (χ4v) is 4.17. The van der Waals surface area contributed by atoms with Crippen molar-refractivity contribution in [2.45, 2.75) is 44.9 Å². The van der Waals surface area contributed by atoms with Gasteiger partial charge in [-0.25, -0.2) is 9.07 Å². The van der Waals surface area contributed by atoms with E-state index < -0.39 is 23.3 Å². The van der Waals surface area contributed by atoms with E-state index in [1.54, 1.807) is 0 Å². The third-order valence-electron chi connectivity index (χ3n) is 5.74. The molecule has 1 saturated carbocycles. The number of alkyl halides is 3. The number of nitrogens with two attached hydrogens (primary N) is 1. The molecule has 1 aromatic carbocycles. The van der Waals surface area contributed by atoms with E-state index in [4.69, 9.17) is 10.5 Å². The van der Waals surface area contributed by atoms with Gasteiger partial charge in [-0.3, -0.25) is 0 Å². The number of rotatable bonds is 4. The number of benzene rings is 1. The van der Waals surface area contributed by atoms with Crippen molar-refractivity contribution in [3.05, 3.63) is 29.6 Å². The molecular weight excluding hydrogens is 390 g/mol. The Labute approximate surface area is 165 Å². The quantitative estimate of drug-likeness (QED) is 0.768. The Morgan fingerprint density at radius 1 is 1.17 bits per heavy atom. The first kappa shape index (κ1) is 19.9. The van der Waals surface area contributed by atoms with Crippen LogP contribution >= 0.6 is 0 Å². The van der Waals surface area contributed by atoms with Crippen molar-refractivity contribution in [2.75, 3.05) is 18.0 Å². The summed E-state index contributed by atoms with van der Waals surface area (Å²) in [5.41, 5.74) is 4.86. The summed E-state index contributed by atoms with van der Waals surface area (Å²) in [7, 11) is 0. The largest absolute Gasteiger partial charge is 0.421 e. The molecule has 6 nitrogen and oxygen atoms in total. The number of fused-ring (bicyclic) bond motifs is 2. The molecule has 4 rings (SSSR count). The van der Waals surface area contributed by atoms with Gasteiger partial charge in [0.2, 0.25) is 5.95 Å².